The van der Waals surface area contributed by atoms with Crippen molar-refractivity contribution >= 4 is 6.09 Å². The van der Waals surface area contributed by atoms with E-state index in [-0.39, 0.29) is 12.1 Å². The van der Waals surface area contributed by atoms with E-state index in [1.165, 1.54) is 0 Å². The van der Waals surface area contributed by atoms with Gasteiger partial charge in [0, 0.05) is 25.2 Å². The van der Waals surface area contributed by atoms with Gasteiger partial charge in [0.05, 0.1) is 14.2 Å². The number of carbonyl (C=O) groups excluding carboxylic acids is 1. The maximum atomic E-state index is 12.3. The van der Waals surface area contributed by atoms with Crippen molar-refractivity contribution in [3.8, 4) is 11.5 Å². The first-order valence-electron chi connectivity index (χ1n) is 8.65. The molecule has 0 bridgehead atoms. The molecule has 1 aromatic carbocycles. The van der Waals surface area contributed by atoms with E-state index in [0.29, 0.717) is 19.0 Å². The zero-order valence-electron chi connectivity index (χ0n) is 16.1. The van der Waals surface area contributed by atoms with Crippen LogP contribution in [-0.4, -0.2) is 51.0 Å². The third kappa shape index (κ3) is 5.01. The summed E-state index contributed by atoms with van der Waals surface area (Å²) in [7, 11) is 5.23. The van der Waals surface area contributed by atoms with Gasteiger partial charge in [0.25, 0.3) is 0 Å². The van der Waals surface area contributed by atoms with Crippen molar-refractivity contribution in [2.24, 2.45) is 5.92 Å². The topological polar surface area (TPSA) is 60.0 Å². The monoisotopic (exact) mass is 350 g/mol. The molecular weight excluding hydrogens is 320 g/mol. The van der Waals surface area contributed by atoms with E-state index >= 15 is 0 Å². The fourth-order valence-corrected chi connectivity index (χ4v) is 3.24. The van der Waals surface area contributed by atoms with E-state index in [4.69, 9.17) is 14.2 Å². The predicted molar refractivity (Wildman–Crippen MR) is 97.3 cm³/mol. The average molecular weight is 350 g/mol. The van der Waals surface area contributed by atoms with E-state index in [1.54, 1.807) is 19.1 Å². The number of ether oxygens (including phenoxy) is 3. The highest BCUT2D eigenvalue weighted by molar-refractivity contribution is 5.68. The lowest BCUT2D eigenvalue weighted by Gasteiger charge is -2.26. The second-order valence-corrected chi connectivity index (χ2v) is 7.39. The lowest BCUT2D eigenvalue weighted by Crippen LogP contribution is -2.36. The number of benzene rings is 1. The van der Waals surface area contributed by atoms with Crippen LogP contribution in [0.25, 0.3) is 0 Å². The number of amides is 1. The van der Waals surface area contributed by atoms with Gasteiger partial charge >= 0.3 is 6.09 Å². The van der Waals surface area contributed by atoms with Crippen molar-refractivity contribution in [1.29, 1.82) is 0 Å². The third-order valence-electron chi connectivity index (χ3n) is 4.39. The van der Waals surface area contributed by atoms with E-state index in [0.717, 1.165) is 23.5 Å². The smallest absolute Gasteiger partial charge is 0.410 e. The average Bonchev–Trinajstić information content (AvgIpc) is 3.03. The largest absolute Gasteiger partial charge is 0.497 e. The van der Waals surface area contributed by atoms with Crippen LogP contribution in [0.15, 0.2) is 18.2 Å². The van der Waals surface area contributed by atoms with E-state index < -0.39 is 5.60 Å². The summed E-state index contributed by atoms with van der Waals surface area (Å²) in [5.74, 6) is 1.82. The number of methoxy groups -OCH3 is 2. The summed E-state index contributed by atoms with van der Waals surface area (Å²) >= 11 is 0. The lowest BCUT2D eigenvalue weighted by atomic mass is 9.92. The fourth-order valence-electron chi connectivity index (χ4n) is 3.24. The van der Waals surface area contributed by atoms with Gasteiger partial charge in [-0.3, -0.25) is 0 Å². The van der Waals surface area contributed by atoms with Gasteiger partial charge in [-0.05, 0) is 57.9 Å². The molecule has 0 aliphatic carbocycles. The summed E-state index contributed by atoms with van der Waals surface area (Å²) in [6.07, 6.45) is 0.678. The summed E-state index contributed by atoms with van der Waals surface area (Å²) in [6.45, 7) is 7.03. The van der Waals surface area contributed by atoms with Gasteiger partial charge in [-0.25, -0.2) is 4.79 Å². The number of hydrogen-bond donors (Lipinski definition) is 1. The molecule has 1 heterocycles. The summed E-state index contributed by atoms with van der Waals surface area (Å²) in [5.41, 5.74) is 0.618. The Balaban J connectivity index is 2.13. The molecule has 2 atom stereocenters. The van der Waals surface area contributed by atoms with Crippen LogP contribution in [0.1, 0.15) is 38.8 Å². The number of nitrogens with zero attached hydrogens (tertiary/aromatic N) is 1. The molecule has 0 radical (unpaired) electrons. The zero-order valence-corrected chi connectivity index (χ0v) is 16.1. The first-order chi connectivity index (χ1) is 11.8. The van der Waals surface area contributed by atoms with Crippen LogP contribution >= 0.6 is 0 Å². The molecule has 6 heteroatoms. The molecule has 0 saturated carbocycles. The standard InChI is InChI=1S/C19H30N2O4/c1-19(2,3)25-18(22)21-8-7-13(12-21)17(20-4)14-9-15(23-5)11-16(10-14)24-6/h9-11,13,17,20H,7-8,12H2,1-6H3. The first kappa shape index (κ1) is 19.4. The number of nitrogens with one attached hydrogen (secondary N) is 1. The van der Waals surface area contributed by atoms with Gasteiger partial charge in [0.1, 0.15) is 17.1 Å². The van der Waals surface area contributed by atoms with E-state index in [9.17, 15) is 4.79 Å². The number of likely N-dealkylation sites (tertiary alicyclic amines) is 1. The number of carbonyl (C=O) groups is 1. The van der Waals surface area contributed by atoms with Crippen LogP contribution in [0.2, 0.25) is 0 Å². The van der Waals surface area contributed by atoms with Crippen molar-refractivity contribution < 1.29 is 19.0 Å². The van der Waals surface area contributed by atoms with Crippen molar-refractivity contribution in [3.63, 3.8) is 0 Å². The van der Waals surface area contributed by atoms with Crippen LogP contribution in [0.3, 0.4) is 0 Å². The Morgan fingerprint density at radius 2 is 1.80 bits per heavy atom. The zero-order chi connectivity index (χ0) is 18.6. The Labute approximate surface area is 150 Å². The molecule has 1 aromatic rings. The molecule has 140 valence electrons. The van der Waals surface area contributed by atoms with Crippen molar-refractivity contribution in [2.45, 2.75) is 38.8 Å². The minimum absolute atomic E-state index is 0.108. The normalized spacial score (nSPS) is 18.8. The molecule has 1 saturated heterocycles. The van der Waals surface area contributed by atoms with Crippen LogP contribution in [0.5, 0.6) is 11.5 Å². The second-order valence-electron chi connectivity index (χ2n) is 7.39. The van der Waals surface area contributed by atoms with Crippen molar-refractivity contribution in [2.75, 3.05) is 34.4 Å². The molecule has 1 aliphatic heterocycles. The van der Waals surface area contributed by atoms with Gasteiger partial charge in [-0.15, -0.1) is 0 Å². The molecular formula is C19H30N2O4. The summed E-state index contributed by atoms with van der Waals surface area (Å²) in [6, 6.07) is 5.99. The molecule has 1 aliphatic rings. The Morgan fingerprint density at radius 1 is 1.20 bits per heavy atom. The molecule has 25 heavy (non-hydrogen) atoms. The molecule has 0 aromatic heterocycles. The number of rotatable bonds is 5. The molecule has 2 unspecified atom stereocenters. The SMILES string of the molecule is CNC(c1cc(OC)cc(OC)c1)C1CCN(C(=O)OC(C)(C)C)C1. The molecule has 6 nitrogen and oxygen atoms in total. The first-order valence-corrected chi connectivity index (χ1v) is 8.65. The second kappa shape index (κ2) is 7.95. The Morgan fingerprint density at radius 3 is 2.28 bits per heavy atom. The highest BCUT2D eigenvalue weighted by atomic mass is 16.6. The minimum Gasteiger partial charge on any atom is -0.497 e. The van der Waals surface area contributed by atoms with E-state index in [2.05, 4.69) is 5.32 Å². The number of hydrogen-bond acceptors (Lipinski definition) is 5. The molecule has 1 N–H and O–H groups in total. The Kier molecular flexibility index (Phi) is 6.16. The van der Waals surface area contributed by atoms with Crippen LogP contribution in [-0.2, 0) is 4.74 Å². The van der Waals surface area contributed by atoms with Crippen LogP contribution in [0, 0.1) is 5.92 Å². The van der Waals surface area contributed by atoms with Gasteiger partial charge in [0.15, 0.2) is 0 Å². The van der Waals surface area contributed by atoms with Crippen molar-refractivity contribution in [3.05, 3.63) is 23.8 Å². The van der Waals surface area contributed by atoms with Gasteiger partial charge in [0.2, 0.25) is 0 Å². The maximum Gasteiger partial charge on any atom is 0.410 e. The lowest BCUT2D eigenvalue weighted by molar-refractivity contribution is 0.0285. The molecule has 2 rings (SSSR count). The summed E-state index contributed by atoms with van der Waals surface area (Å²) in [4.78, 5) is 14.1. The van der Waals surface area contributed by atoms with Crippen LogP contribution in [0.4, 0.5) is 4.79 Å². The van der Waals surface area contributed by atoms with Gasteiger partial charge < -0.3 is 24.4 Å². The predicted octanol–water partition coefficient (Wildman–Crippen LogP) is 3.22. The van der Waals surface area contributed by atoms with Crippen LogP contribution < -0.4 is 14.8 Å². The Bertz CT molecular complexity index is 575. The summed E-state index contributed by atoms with van der Waals surface area (Å²) in [5, 5.41) is 3.38. The Hall–Kier alpha value is -1.95. The maximum absolute atomic E-state index is 12.3. The molecule has 0 spiro atoms. The molecule has 1 fully saturated rings. The van der Waals surface area contributed by atoms with Gasteiger partial charge in [-0.2, -0.15) is 0 Å². The third-order valence-corrected chi connectivity index (χ3v) is 4.39. The molecule has 1 amide bonds. The minimum atomic E-state index is -0.474. The van der Waals surface area contributed by atoms with Crippen molar-refractivity contribution in [1.82, 2.24) is 10.2 Å². The van der Waals surface area contributed by atoms with Gasteiger partial charge in [-0.1, -0.05) is 0 Å². The fraction of sp³-hybridized carbons (Fsp3) is 0.632. The quantitative estimate of drug-likeness (QED) is 0.883. The van der Waals surface area contributed by atoms with E-state index in [1.807, 2.05) is 46.0 Å². The summed E-state index contributed by atoms with van der Waals surface area (Å²) < 4.78 is 16.2. The highest BCUT2D eigenvalue weighted by Crippen LogP contribution is 2.34. The highest BCUT2D eigenvalue weighted by Gasteiger charge is 2.34.